The van der Waals surface area contributed by atoms with Crippen molar-refractivity contribution in [2.45, 2.75) is 25.7 Å². The number of rotatable bonds is 6. The number of amides is 2. The Bertz CT molecular complexity index is 702. The van der Waals surface area contributed by atoms with Gasteiger partial charge in [-0.2, -0.15) is 0 Å². The van der Waals surface area contributed by atoms with E-state index in [9.17, 15) is 19.2 Å². The van der Waals surface area contributed by atoms with Gasteiger partial charge in [-0.15, -0.1) is 0 Å². The van der Waals surface area contributed by atoms with Crippen LogP contribution in [-0.2, 0) is 19.1 Å². The van der Waals surface area contributed by atoms with Crippen LogP contribution in [0.4, 0.5) is 0 Å². The fourth-order valence-corrected chi connectivity index (χ4v) is 3.57. The lowest BCUT2D eigenvalue weighted by Gasteiger charge is -2.19. The summed E-state index contributed by atoms with van der Waals surface area (Å²) < 4.78 is 9.98. The van der Waals surface area contributed by atoms with Crippen molar-refractivity contribution < 1.29 is 28.7 Å². The molecule has 1 aliphatic heterocycles. The van der Waals surface area contributed by atoms with E-state index in [4.69, 9.17) is 9.47 Å². The number of nitrogens with zero attached hydrogens (tertiary/aromatic N) is 1. The molecule has 1 aromatic rings. The van der Waals surface area contributed by atoms with Crippen LogP contribution in [0.15, 0.2) is 24.3 Å². The second-order valence-electron chi connectivity index (χ2n) is 6.57. The summed E-state index contributed by atoms with van der Waals surface area (Å²) in [7, 11) is 1.52. The van der Waals surface area contributed by atoms with Gasteiger partial charge < -0.3 is 9.47 Å². The Labute approximate surface area is 151 Å². The van der Waals surface area contributed by atoms with Gasteiger partial charge in [0, 0.05) is 5.56 Å². The molecule has 2 amide bonds. The van der Waals surface area contributed by atoms with Crippen LogP contribution >= 0.6 is 0 Å². The third-order valence-corrected chi connectivity index (χ3v) is 5.00. The number of imide groups is 1. The van der Waals surface area contributed by atoms with E-state index in [1.54, 1.807) is 24.3 Å². The Morgan fingerprint density at radius 3 is 2.15 bits per heavy atom. The summed E-state index contributed by atoms with van der Waals surface area (Å²) in [6.45, 7) is -0.866. The van der Waals surface area contributed by atoms with Crippen molar-refractivity contribution >= 4 is 23.6 Å². The molecule has 1 saturated heterocycles. The number of ketones is 1. The van der Waals surface area contributed by atoms with E-state index in [1.165, 1.54) is 7.11 Å². The second-order valence-corrected chi connectivity index (χ2v) is 6.57. The lowest BCUT2D eigenvalue weighted by Crippen LogP contribution is -2.37. The van der Waals surface area contributed by atoms with Gasteiger partial charge in [0.1, 0.15) is 12.3 Å². The molecule has 0 spiro atoms. The molecular formula is C19H21NO6. The van der Waals surface area contributed by atoms with Crippen molar-refractivity contribution in [1.29, 1.82) is 0 Å². The fourth-order valence-electron chi connectivity index (χ4n) is 3.57. The van der Waals surface area contributed by atoms with Crippen LogP contribution in [0.25, 0.3) is 0 Å². The average molecular weight is 359 g/mol. The summed E-state index contributed by atoms with van der Waals surface area (Å²) in [5.41, 5.74) is 0.387. The molecule has 1 aromatic carbocycles. The van der Waals surface area contributed by atoms with Crippen molar-refractivity contribution in [3.63, 3.8) is 0 Å². The molecule has 7 heteroatoms. The smallest absolute Gasteiger partial charge is 0.326 e. The second kappa shape index (κ2) is 7.68. The first-order valence-corrected chi connectivity index (χ1v) is 8.69. The number of esters is 1. The van der Waals surface area contributed by atoms with Crippen LogP contribution in [-0.4, -0.2) is 48.7 Å². The molecule has 0 aromatic heterocycles. The quantitative estimate of drug-likeness (QED) is 0.435. The van der Waals surface area contributed by atoms with Crippen molar-refractivity contribution in [1.82, 2.24) is 4.90 Å². The monoisotopic (exact) mass is 359 g/mol. The van der Waals surface area contributed by atoms with Gasteiger partial charge in [-0.3, -0.25) is 24.1 Å². The summed E-state index contributed by atoms with van der Waals surface area (Å²) >= 11 is 0. The first-order valence-electron chi connectivity index (χ1n) is 8.69. The number of methoxy groups -OCH3 is 1. The van der Waals surface area contributed by atoms with Crippen molar-refractivity contribution in [3.05, 3.63) is 29.8 Å². The minimum atomic E-state index is -0.757. The number of carbonyl (C=O) groups is 4. The van der Waals surface area contributed by atoms with E-state index in [2.05, 4.69) is 0 Å². The van der Waals surface area contributed by atoms with Gasteiger partial charge in [0.05, 0.1) is 18.9 Å². The average Bonchev–Trinajstić information content (AvgIpc) is 2.91. The lowest BCUT2D eigenvalue weighted by molar-refractivity contribution is -0.152. The van der Waals surface area contributed by atoms with Crippen LogP contribution in [0.2, 0.25) is 0 Å². The molecule has 1 saturated carbocycles. The molecule has 1 aliphatic carbocycles. The number of benzene rings is 1. The maximum atomic E-state index is 12.3. The zero-order chi connectivity index (χ0) is 18.7. The van der Waals surface area contributed by atoms with Crippen LogP contribution < -0.4 is 4.74 Å². The largest absolute Gasteiger partial charge is 0.497 e. The van der Waals surface area contributed by atoms with Crippen LogP contribution in [0.5, 0.6) is 5.75 Å². The molecule has 2 atom stereocenters. The molecule has 0 unspecified atom stereocenters. The number of carbonyl (C=O) groups excluding carboxylic acids is 4. The third-order valence-electron chi connectivity index (χ3n) is 5.00. The maximum absolute atomic E-state index is 12.3. The minimum absolute atomic E-state index is 0.293. The highest BCUT2D eigenvalue weighted by Gasteiger charge is 2.48. The number of fused-ring (bicyclic) bond motifs is 1. The highest BCUT2D eigenvalue weighted by atomic mass is 16.5. The molecular weight excluding hydrogens is 338 g/mol. The number of hydrogen-bond acceptors (Lipinski definition) is 6. The zero-order valence-corrected chi connectivity index (χ0v) is 14.6. The van der Waals surface area contributed by atoms with E-state index in [0.717, 1.165) is 17.7 Å². The Hall–Kier alpha value is -2.70. The summed E-state index contributed by atoms with van der Waals surface area (Å²) in [5, 5.41) is 0. The highest BCUT2D eigenvalue weighted by molar-refractivity contribution is 6.07. The van der Waals surface area contributed by atoms with E-state index < -0.39 is 19.1 Å². The molecule has 0 N–H and O–H groups in total. The topological polar surface area (TPSA) is 90.0 Å². The third kappa shape index (κ3) is 3.61. The van der Waals surface area contributed by atoms with E-state index in [1.807, 2.05) is 0 Å². The van der Waals surface area contributed by atoms with Gasteiger partial charge in [-0.25, -0.2) is 0 Å². The molecule has 2 fully saturated rings. The van der Waals surface area contributed by atoms with E-state index in [-0.39, 0.29) is 29.4 Å². The lowest BCUT2D eigenvalue weighted by atomic mass is 9.81. The Kier molecular flexibility index (Phi) is 5.35. The normalized spacial score (nSPS) is 22.1. The van der Waals surface area contributed by atoms with Gasteiger partial charge in [-0.05, 0) is 37.1 Å². The van der Waals surface area contributed by atoms with Crippen molar-refractivity contribution in [3.8, 4) is 5.75 Å². The molecule has 138 valence electrons. The first kappa shape index (κ1) is 18.1. The number of hydrogen-bond donors (Lipinski definition) is 0. The van der Waals surface area contributed by atoms with Gasteiger partial charge >= 0.3 is 5.97 Å². The van der Waals surface area contributed by atoms with Crippen molar-refractivity contribution in [2.24, 2.45) is 11.8 Å². The van der Waals surface area contributed by atoms with Crippen LogP contribution in [0, 0.1) is 11.8 Å². The van der Waals surface area contributed by atoms with Crippen LogP contribution in [0.1, 0.15) is 36.0 Å². The summed E-state index contributed by atoms with van der Waals surface area (Å²) in [5.74, 6) is -1.70. The van der Waals surface area contributed by atoms with E-state index >= 15 is 0 Å². The van der Waals surface area contributed by atoms with Gasteiger partial charge in [0.15, 0.2) is 12.4 Å². The van der Waals surface area contributed by atoms with Crippen molar-refractivity contribution in [2.75, 3.05) is 20.3 Å². The molecule has 3 rings (SSSR count). The standard InChI is InChI=1S/C19H21NO6/c1-25-13-8-6-12(7-9-13)16(21)11-26-17(22)10-20-18(23)14-4-2-3-5-15(14)19(20)24/h6-9,14-15H,2-5,10-11H2,1H3/t14-,15-/m0/s1. The minimum Gasteiger partial charge on any atom is -0.497 e. The maximum Gasteiger partial charge on any atom is 0.326 e. The SMILES string of the molecule is COc1ccc(C(=O)COC(=O)CN2C(=O)[C@H]3CCCC[C@@H]3C2=O)cc1. The molecule has 0 bridgehead atoms. The number of Topliss-reactive ketones (excluding diaryl/α,β-unsaturated/α-hetero) is 1. The Morgan fingerprint density at radius 2 is 1.62 bits per heavy atom. The Morgan fingerprint density at radius 1 is 1.04 bits per heavy atom. The molecule has 2 aliphatic rings. The van der Waals surface area contributed by atoms with Gasteiger partial charge in [0.2, 0.25) is 11.8 Å². The summed E-state index contributed by atoms with van der Waals surface area (Å²) in [6.07, 6.45) is 3.23. The predicted molar refractivity (Wildman–Crippen MR) is 90.5 cm³/mol. The molecule has 26 heavy (non-hydrogen) atoms. The van der Waals surface area contributed by atoms with Gasteiger partial charge in [0.25, 0.3) is 0 Å². The molecule has 0 radical (unpaired) electrons. The van der Waals surface area contributed by atoms with Gasteiger partial charge in [-0.1, -0.05) is 12.8 Å². The summed E-state index contributed by atoms with van der Waals surface area (Å²) in [4.78, 5) is 49.7. The number of likely N-dealkylation sites (tertiary alicyclic amines) is 1. The van der Waals surface area contributed by atoms with E-state index in [0.29, 0.717) is 24.2 Å². The first-order chi connectivity index (χ1) is 12.5. The molecule has 1 heterocycles. The van der Waals surface area contributed by atoms with Crippen LogP contribution in [0.3, 0.4) is 0 Å². The predicted octanol–water partition coefficient (Wildman–Crippen LogP) is 1.60. The highest BCUT2D eigenvalue weighted by Crippen LogP contribution is 2.37. The molecule has 7 nitrogen and oxygen atoms in total. The summed E-state index contributed by atoms with van der Waals surface area (Å²) in [6, 6.07) is 6.43. The Balaban J connectivity index is 1.53. The zero-order valence-electron chi connectivity index (χ0n) is 14.6. The fraction of sp³-hybridized carbons (Fsp3) is 0.474. The number of ether oxygens (including phenoxy) is 2.